The molecule has 0 atom stereocenters. The van der Waals surface area contributed by atoms with E-state index in [4.69, 9.17) is 0 Å². The highest BCUT2D eigenvalue weighted by atomic mass is 16.1. The van der Waals surface area contributed by atoms with Gasteiger partial charge >= 0.3 is 0 Å². The van der Waals surface area contributed by atoms with Gasteiger partial charge in [-0.2, -0.15) is 0 Å². The summed E-state index contributed by atoms with van der Waals surface area (Å²) in [6.45, 7) is 1.99. The minimum Gasteiger partial charge on any atom is -0.357 e. The summed E-state index contributed by atoms with van der Waals surface area (Å²) in [4.78, 5) is 12.0. The summed E-state index contributed by atoms with van der Waals surface area (Å²) in [5, 5.41) is 0. The summed E-state index contributed by atoms with van der Waals surface area (Å²) >= 11 is 0. The number of aromatic nitrogens is 1. The Bertz CT molecular complexity index is 497. The van der Waals surface area contributed by atoms with Crippen LogP contribution in [-0.4, -0.2) is 10.4 Å². The zero-order chi connectivity index (χ0) is 10.8. The molecule has 0 aliphatic carbocycles. The van der Waals surface area contributed by atoms with Gasteiger partial charge in [0.15, 0.2) is 5.78 Å². The Morgan fingerprint density at radius 2 is 2.00 bits per heavy atom. The van der Waals surface area contributed by atoms with E-state index < -0.39 is 0 Å². The number of carbonyl (C=O) groups excluding carboxylic acids is 1. The van der Waals surface area contributed by atoms with Gasteiger partial charge in [-0.15, -0.1) is 0 Å². The van der Waals surface area contributed by atoms with E-state index in [1.165, 1.54) is 0 Å². The molecule has 0 fully saturated rings. The molecule has 0 radical (unpaired) electrons. The van der Waals surface area contributed by atoms with Crippen LogP contribution in [0.15, 0.2) is 42.7 Å². The molecular formula is C13H13NO. The summed E-state index contributed by atoms with van der Waals surface area (Å²) in [6, 6.07) is 9.50. The quantitative estimate of drug-likeness (QED) is 0.681. The number of ketones is 1. The maximum atomic E-state index is 12.0. The van der Waals surface area contributed by atoms with Crippen LogP contribution >= 0.6 is 0 Å². The molecule has 0 saturated carbocycles. The number of benzene rings is 1. The molecule has 0 aliphatic heterocycles. The van der Waals surface area contributed by atoms with E-state index >= 15 is 0 Å². The van der Waals surface area contributed by atoms with Crippen LogP contribution in [0.4, 0.5) is 0 Å². The Hall–Kier alpha value is -1.83. The molecule has 1 aromatic heterocycles. The van der Waals surface area contributed by atoms with Crippen LogP contribution in [0.5, 0.6) is 0 Å². The normalized spacial score (nSPS) is 10.3. The lowest BCUT2D eigenvalue weighted by Gasteiger charge is -1.99. The number of carbonyl (C=O) groups is 1. The topological polar surface area (TPSA) is 22.0 Å². The van der Waals surface area contributed by atoms with Crippen molar-refractivity contribution in [1.82, 2.24) is 4.57 Å². The fourth-order valence-corrected chi connectivity index (χ4v) is 1.59. The molecule has 1 heterocycles. The number of hydrogen-bond acceptors (Lipinski definition) is 1. The van der Waals surface area contributed by atoms with Gasteiger partial charge in [0, 0.05) is 30.6 Å². The fraction of sp³-hybridized carbons (Fsp3) is 0.154. The Morgan fingerprint density at radius 1 is 1.20 bits per heavy atom. The average molecular weight is 199 g/mol. The molecule has 1 aromatic carbocycles. The first-order valence-electron chi connectivity index (χ1n) is 4.90. The van der Waals surface area contributed by atoms with Crippen LogP contribution in [0.1, 0.15) is 21.5 Å². The van der Waals surface area contributed by atoms with Crippen molar-refractivity contribution in [2.45, 2.75) is 6.92 Å². The first kappa shape index (κ1) is 9.71. The number of aryl methyl sites for hydroxylation is 2. The van der Waals surface area contributed by atoms with Crippen molar-refractivity contribution in [3.05, 3.63) is 59.4 Å². The highest BCUT2D eigenvalue weighted by Gasteiger charge is 2.09. The van der Waals surface area contributed by atoms with Crippen molar-refractivity contribution in [1.29, 1.82) is 0 Å². The predicted octanol–water partition coefficient (Wildman–Crippen LogP) is 2.56. The standard InChI is InChI=1S/C13H13NO/c1-10-4-3-5-11(8-10)13(15)12-6-7-14(2)9-12/h3-9H,1-2H3. The van der Waals surface area contributed by atoms with Crippen molar-refractivity contribution in [3.8, 4) is 0 Å². The third-order valence-electron chi connectivity index (χ3n) is 2.37. The minimum absolute atomic E-state index is 0.0827. The van der Waals surface area contributed by atoms with Gasteiger partial charge in [-0.3, -0.25) is 4.79 Å². The second-order valence-corrected chi connectivity index (χ2v) is 3.76. The smallest absolute Gasteiger partial charge is 0.194 e. The van der Waals surface area contributed by atoms with Crippen LogP contribution in [0, 0.1) is 6.92 Å². The molecule has 0 N–H and O–H groups in total. The Morgan fingerprint density at radius 3 is 2.60 bits per heavy atom. The van der Waals surface area contributed by atoms with Crippen molar-refractivity contribution < 1.29 is 4.79 Å². The Kier molecular flexibility index (Phi) is 2.42. The van der Waals surface area contributed by atoms with Crippen molar-refractivity contribution >= 4 is 5.78 Å². The molecule has 76 valence electrons. The molecule has 2 nitrogen and oxygen atoms in total. The number of rotatable bonds is 2. The molecule has 0 amide bonds. The van der Waals surface area contributed by atoms with Crippen LogP contribution in [-0.2, 0) is 7.05 Å². The first-order chi connectivity index (χ1) is 7.16. The average Bonchev–Trinajstić information content (AvgIpc) is 2.64. The van der Waals surface area contributed by atoms with E-state index in [-0.39, 0.29) is 5.78 Å². The molecule has 0 saturated heterocycles. The lowest BCUT2D eigenvalue weighted by molar-refractivity contribution is 0.103. The number of nitrogens with zero attached hydrogens (tertiary/aromatic N) is 1. The Balaban J connectivity index is 2.36. The second kappa shape index (κ2) is 3.73. The van der Waals surface area contributed by atoms with Gasteiger partial charge in [-0.05, 0) is 19.1 Å². The molecule has 15 heavy (non-hydrogen) atoms. The number of hydrogen-bond donors (Lipinski definition) is 0. The molecule has 0 unspecified atom stereocenters. The highest BCUT2D eigenvalue weighted by Crippen LogP contribution is 2.11. The molecule has 0 spiro atoms. The summed E-state index contributed by atoms with van der Waals surface area (Å²) in [5.41, 5.74) is 2.60. The predicted molar refractivity (Wildman–Crippen MR) is 60.0 cm³/mol. The molecule has 2 heteroatoms. The molecule has 0 aliphatic rings. The van der Waals surface area contributed by atoms with Crippen LogP contribution in [0.25, 0.3) is 0 Å². The molecule has 2 aromatic rings. The first-order valence-corrected chi connectivity index (χ1v) is 4.90. The monoisotopic (exact) mass is 199 g/mol. The van der Waals surface area contributed by atoms with Gasteiger partial charge in [0.2, 0.25) is 0 Å². The summed E-state index contributed by atoms with van der Waals surface area (Å²) in [5.74, 6) is 0.0827. The highest BCUT2D eigenvalue weighted by molar-refractivity contribution is 6.08. The van der Waals surface area contributed by atoms with Crippen LogP contribution in [0.3, 0.4) is 0 Å². The third kappa shape index (κ3) is 1.99. The van der Waals surface area contributed by atoms with Gasteiger partial charge in [-0.1, -0.05) is 23.8 Å². The zero-order valence-corrected chi connectivity index (χ0v) is 8.90. The van der Waals surface area contributed by atoms with E-state index in [1.54, 1.807) is 0 Å². The van der Waals surface area contributed by atoms with Crippen molar-refractivity contribution in [2.75, 3.05) is 0 Å². The van der Waals surface area contributed by atoms with Gasteiger partial charge < -0.3 is 4.57 Å². The summed E-state index contributed by atoms with van der Waals surface area (Å²) in [7, 11) is 1.91. The summed E-state index contributed by atoms with van der Waals surface area (Å²) < 4.78 is 1.88. The van der Waals surface area contributed by atoms with Gasteiger partial charge in [0.1, 0.15) is 0 Å². The van der Waals surface area contributed by atoms with E-state index in [0.29, 0.717) is 0 Å². The maximum Gasteiger partial charge on any atom is 0.194 e. The largest absolute Gasteiger partial charge is 0.357 e. The van der Waals surface area contributed by atoms with E-state index in [0.717, 1.165) is 16.7 Å². The Labute approximate surface area is 89.2 Å². The van der Waals surface area contributed by atoms with E-state index in [9.17, 15) is 4.79 Å². The summed E-state index contributed by atoms with van der Waals surface area (Å²) in [6.07, 6.45) is 3.72. The lowest BCUT2D eigenvalue weighted by atomic mass is 10.0. The third-order valence-corrected chi connectivity index (χ3v) is 2.37. The van der Waals surface area contributed by atoms with Gasteiger partial charge in [0.25, 0.3) is 0 Å². The van der Waals surface area contributed by atoms with Gasteiger partial charge in [0.05, 0.1) is 0 Å². The maximum absolute atomic E-state index is 12.0. The lowest BCUT2D eigenvalue weighted by Crippen LogP contribution is -1.99. The SMILES string of the molecule is Cc1cccc(C(=O)c2ccn(C)c2)c1. The van der Waals surface area contributed by atoms with Crippen LogP contribution < -0.4 is 0 Å². The zero-order valence-electron chi connectivity index (χ0n) is 8.90. The molecular weight excluding hydrogens is 186 g/mol. The van der Waals surface area contributed by atoms with Crippen molar-refractivity contribution in [2.24, 2.45) is 7.05 Å². The van der Waals surface area contributed by atoms with Crippen LogP contribution in [0.2, 0.25) is 0 Å². The van der Waals surface area contributed by atoms with E-state index in [2.05, 4.69) is 0 Å². The van der Waals surface area contributed by atoms with Crippen molar-refractivity contribution in [3.63, 3.8) is 0 Å². The van der Waals surface area contributed by atoms with Gasteiger partial charge in [-0.25, -0.2) is 0 Å². The molecule has 2 rings (SSSR count). The minimum atomic E-state index is 0.0827. The second-order valence-electron chi connectivity index (χ2n) is 3.76. The van der Waals surface area contributed by atoms with E-state index in [1.807, 2.05) is 61.3 Å². The molecule has 0 bridgehead atoms. The fourth-order valence-electron chi connectivity index (χ4n) is 1.59.